The van der Waals surface area contributed by atoms with E-state index in [1.54, 1.807) is 29.3 Å². The molecule has 5 heteroatoms. The maximum absolute atomic E-state index is 9.35. The molecule has 0 aliphatic rings. The monoisotopic (exact) mass is 289 g/mol. The minimum atomic E-state index is 0.106. The van der Waals surface area contributed by atoms with Crippen molar-refractivity contribution in [2.75, 3.05) is 11.1 Å². The largest absolute Gasteiger partial charge is 0.375 e. The second-order valence-electron chi connectivity index (χ2n) is 3.96. The van der Waals surface area contributed by atoms with Crippen LogP contribution in [0, 0.1) is 11.3 Å². The van der Waals surface area contributed by atoms with Crippen LogP contribution in [-0.4, -0.2) is 10.7 Å². The molecule has 0 aliphatic heterocycles. The average Bonchev–Trinajstić information content (AvgIpc) is 2.93. The van der Waals surface area contributed by atoms with Crippen molar-refractivity contribution in [1.82, 2.24) is 4.98 Å². The smallest absolute Gasteiger partial charge is 0.115 e. The van der Waals surface area contributed by atoms with E-state index in [4.69, 9.17) is 0 Å². The summed E-state index contributed by atoms with van der Waals surface area (Å²) in [7, 11) is 0. The van der Waals surface area contributed by atoms with Crippen LogP contribution in [0.3, 0.4) is 0 Å². The third kappa shape index (κ3) is 3.28. The van der Waals surface area contributed by atoms with Crippen LogP contribution in [0.5, 0.6) is 0 Å². The molecule has 0 saturated carbocycles. The molecule has 1 aromatic carbocycles. The Kier molecular flexibility index (Phi) is 4.83. The zero-order chi connectivity index (χ0) is 13.7. The number of thiazole rings is 1. The lowest BCUT2D eigenvalue weighted by atomic mass is 10.2. The van der Waals surface area contributed by atoms with Crippen LogP contribution in [0.25, 0.3) is 0 Å². The summed E-state index contributed by atoms with van der Waals surface area (Å²) in [4.78, 5) is 5.32. The Hall–Kier alpha value is -1.51. The highest BCUT2D eigenvalue weighted by Crippen LogP contribution is 2.30. The Morgan fingerprint density at radius 3 is 3.00 bits per heavy atom. The Labute approximate surface area is 121 Å². The predicted octanol–water partition coefficient (Wildman–Crippen LogP) is 4.30. The van der Waals surface area contributed by atoms with Crippen LogP contribution < -0.4 is 5.32 Å². The van der Waals surface area contributed by atoms with E-state index in [-0.39, 0.29) is 6.04 Å². The highest BCUT2D eigenvalue weighted by molar-refractivity contribution is 7.99. The number of thioether (sulfide) groups is 1. The number of aromatic nitrogens is 1. The third-order valence-corrected chi connectivity index (χ3v) is 4.53. The molecule has 1 unspecified atom stereocenters. The van der Waals surface area contributed by atoms with E-state index in [1.807, 2.05) is 23.6 Å². The maximum Gasteiger partial charge on any atom is 0.115 e. The molecular formula is C14H15N3S2. The Morgan fingerprint density at radius 2 is 2.37 bits per heavy atom. The summed E-state index contributed by atoms with van der Waals surface area (Å²) >= 11 is 3.31. The fraction of sp³-hybridized carbons (Fsp3) is 0.286. The van der Waals surface area contributed by atoms with E-state index in [9.17, 15) is 5.26 Å². The van der Waals surface area contributed by atoms with Gasteiger partial charge in [-0.1, -0.05) is 13.0 Å². The lowest BCUT2D eigenvalue weighted by Crippen LogP contribution is -2.07. The van der Waals surface area contributed by atoms with Gasteiger partial charge >= 0.3 is 0 Å². The van der Waals surface area contributed by atoms with Gasteiger partial charge in [-0.15, -0.1) is 23.1 Å². The lowest BCUT2D eigenvalue weighted by molar-refractivity contribution is 0.868. The number of rotatable bonds is 5. The minimum absolute atomic E-state index is 0.106. The molecule has 1 N–H and O–H groups in total. The number of anilines is 1. The molecular weight excluding hydrogens is 274 g/mol. The number of nitrogens with one attached hydrogen (secondary N) is 1. The fourth-order valence-corrected chi connectivity index (χ4v) is 3.22. The molecule has 2 rings (SSSR count). The third-order valence-electron chi connectivity index (χ3n) is 2.63. The van der Waals surface area contributed by atoms with Crippen molar-refractivity contribution in [1.29, 1.82) is 5.26 Å². The lowest BCUT2D eigenvalue weighted by Gasteiger charge is -2.15. The zero-order valence-corrected chi connectivity index (χ0v) is 12.5. The Morgan fingerprint density at radius 1 is 1.53 bits per heavy atom. The summed E-state index contributed by atoms with van der Waals surface area (Å²) in [5.74, 6) is 0.958. The summed E-state index contributed by atoms with van der Waals surface area (Å²) in [6.45, 7) is 4.14. The second kappa shape index (κ2) is 6.60. The van der Waals surface area contributed by atoms with Crippen LogP contribution in [0.15, 0.2) is 34.7 Å². The van der Waals surface area contributed by atoms with Crippen LogP contribution in [0.2, 0.25) is 0 Å². The standard InChI is InChI=1S/C14H15N3S2/c1-3-18-13-6-4-5-12(11(13)9-15)17-10(2)14-16-7-8-19-14/h4-8,10,17H,3H2,1-2H3. The molecule has 0 amide bonds. The van der Waals surface area contributed by atoms with Crippen molar-refractivity contribution in [2.24, 2.45) is 0 Å². The molecule has 1 aromatic heterocycles. The van der Waals surface area contributed by atoms with E-state index in [0.717, 1.165) is 26.9 Å². The van der Waals surface area contributed by atoms with Gasteiger partial charge in [-0.2, -0.15) is 5.26 Å². The average molecular weight is 289 g/mol. The van der Waals surface area contributed by atoms with Crippen molar-refractivity contribution >= 4 is 28.8 Å². The molecule has 0 fully saturated rings. The molecule has 0 saturated heterocycles. The van der Waals surface area contributed by atoms with E-state index in [2.05, 4.69) is 30.2 Å². The van der Waals surface area contributed by atoms with Gasteiger partial charge in [-0.05, 0) is 24.8 Å². The quantitative estimate of drug-likeness (QED) is 0.834. The Bertz CT molecular complexity index is 573. The van der Waals surface area contributed by atoms with Gasteiger partial charge in [0.1, 0.15) is 11.1 Å². The summed E-state index contributed by atoms with van der Waals surface area (Å²) in [5, 5.41) is 15.7. The number of benzene rings is 1. The van der Waals surface area contributed by atoms with Crippen LogP contribution in [0.4, 0.5) is 5.69 Å². The number of hydrogen-bond acceptors (Lipinski definition) is 5. The van der Waals surface area contributed by atoms with Crippen LogP contribution in [0.1, 0.15) is 30.5 Å². The molecule has 2 aromatic rings. The summed E-state index contributed by atoms with van der Waals surface area (Å²) < 4.78 is 0. The summed E-state index contributed by atoms with van der Waals surface area (Å²) in [5.41, 5.74) is 1.60. The molecule has 3 nitrogen and oxygen atoms in total. The van der Waals surface area contributed by atoms with Crippen molar-refractivity contribution < 1.29 is 0 Å². The van der Waals surface area contributed by atoms with Gasteiger partial charge in [0.25, 0.3) is 0 Å². The highest BCUT2D eigenvalue weighted by atomic mass is 32.2. The van der Waals surface area contributed by atoms with Gasteiger partial charge < -0.3 is 5.32 Å². The number of nitriles is 1. The first-order valence-corrected chi connectivity index (χ1v) is 7.94. The predicted molar refractivity (Wildman–Crippen MR) is 81.7 cm³/mol. The molecule has 0 bridgehead atoms. The Balaban J connectivity index is 2.25. The molecule has 1 heterocycles. The van der Waals surface area contributed by atoms with Crippen molar-refractivity contribution in [3.05, 3.63) is 40.3 Å². The zero-order valence-electron chi connectivity index (χ0n) is 10.9. The molecule has 19 heavy (non-hydrogen) atoms. The second-order valence-corrected chi connectivity index (χ2v) is 6.19. The van der Waals surface area contributed by atoms with E-state index < -0.39 is 0 Å². The maximum atomic E-state index is 9.35. The van der Waals surface area contributed by atoms with Gasteiger partial charge in [0.15, 0.2) is 0 Å². The van der Waals surface area contributed by atoms with Gasteiger partial charge in [0.2, 0.25) is 0 Å². The van der Waals surface area contributed by atoms with Crippen molar-refractivity contribution in [2.45, 2.75) is 24.8 Å². The normalized spacial score (nSPS) is 11.8. The van der Waals surface area contributed by atoms with Crippen molar-refractivity contribution in [3.63, 3.8) is 0 Å². The first-order chi connectivity index (χ1) is 9.26. The minimum Gasteiger partial charge on any atom is -0.375 e. The molecule has 98 valence electrons. The number of nitrogens with zero attached hydrogens (tertiary/aromatic N) is 2. The van der Waals surface area contributed by atoms with Crippen molar-refractivity contribution in [3.8, 4) is 6.07 Å². The molecule has 0 radical (unpaired) electrons. The van der Waals surface area contributed by atoms with E-state index >= 15 is 0 Å². The molecule has 0 aliphatic carbocycles. The molecule has 1 atom stereocenters. The SMILES string of the molecule is CCSc1cccc(NC(C)c2nccs2)c1C#N. The first kappa shape index (κ1) is 13.9. The van der Waals surface area contributed by atoms with Crippen LogP contribution >= 0.6 is 23.1 Å². The first-order valence-electron chi connectivity index (χ1n) is 6.08. The summed E-state index contributed by atoms with van der Waals surface area (Å²) in [6.07, 6.45) is 1.80. The van der Waals surface area contributed by atoms with Gasteiger partial charge in [-0.25, -0.2) is 4.98 Å². The summed E-state index contributed by atoms with van der Waals surface area (Å²) in [6, 6.07) is 8.33. The fourth-order valence-electron chi connectivity index (χ4n) is 1.79. The van der Waals surface area contributed by atoms with E-state index in [1.165, 1.54) is 0 Å². The van der Waals surface area contributed by atoms with Gasteiger partial charge in [-0.3, -0.25) is 0 Å². The van der Waals surface area contributed by atoms with Gasteiger partial charge in [0, 0.05) is 16.5 Å². The van der Waals surface area contributed by atoms with Gasteiger partial charge in [0.05, 0.1) is 17.3 Å². The molecule has 0 spiro atoms. The number of hydrogen-bond donors (Lipinski definition) is 1. The highest BCUT2D eigenvalue weighted by Gasteiger charge is 2.12. The van der Waals surface area contributed by atoms with E-state index in [0.29, 0.717) is 0 Å². The topological polar surface area (TPSA) is 48.7 Å². The van der Waals surface area contributed by atoms with Crippen LogP contribution in [-0.2, 0) is 0 Å².